The van der Waals surface area contributed by atoms with Gasteiger partial charge in [-0.3, -0.25) is 0 Å². The summed E-state index contributed by atoms with van der Waals surface area (Å²) in [7, 11) is 0. The van der Waals surface area contributed by atoms with E-state index in [1.54, 1.807) is 10.6 Å². The second kappa shape index (κ2) is 9.07. The van der Waals surface area contributed by atoms with Crippen molar-refractivity contribution < 1.29 is 18.3 Å². The summed E-state index contributed by atoms with van der Waals surface area (Å²) in [5.74, 6) is 0. The largest absolute Gasteiger partial charge is 0.418 e. The minimum atomic E-state index is -4.39. The zero-order valence-electron chi connectivity index (χ0n) is 13.5. The minimum Gasteiger partial charge on any atom is -0.392 e. The van der Waals surface area contributed by atoms with Crippen molar-refractivity contribution in [2.75, 3.05) is 6.54 Å². The quantitative estimate of drug-likeness (QED) is 0.821. The Morgan fingerprint density at radius 2 is 2.04 bits per heavy atom. The third-order valence-electron chi connectivity index (χ3n) is 4.41. The van der Waals surface area contributed by atoms with Crippen LogP contribution in [0.15, 0.2) is 24.5 Å². The second-order valence-electron chi connectivity index (χ2n) is 6.02. The van der Waals surface area contributed by atoms with E-state index in [-0.39, 0.29) is 42.5 Å². The summed E-state index contributed by atoms with van der Waals surface area (Å²) in [5, 5.41) is 13.2. The molecular formula is C16H22Cl2F3N3O. The fraction of sp³-hybridized carbons (Fsp3) is 0.562. The van der Waals surface area contributed by atoms with Crippen LogP contribution < -0.4 is 5.32 Å². The Kier molecular flexibility index (Phi) is 7.99. The highest BCUT2D eigenvalue weighted by Gasteiger charge is 2.34. The monoisotopic (exact) mass is 399 g/mol. The van der Waals surface area contributed by atoms with Crippen LogP contribution in [0, 0.1) is 0 Å². The van der Waals surface area contributed by atoms with Gasteiger partial charge in [0.15, 0.2) is 0 Å². The lowest BCUT2D eigenvalue weighted by Gasteiger charge is -2.29. The topological polar surface area (TPSA) is 50.1 Å². The number of hydrogen-bond donors (Lipinski definition) is 2. The molecule has 1 saturated heterocycles. The van der Waals surface area contributed by atoms with Crippen LogP contribution in [0.2, 0.25) is 0 Å². The fourth-order valence-electron chi connectivity index (χ4n) is 3.24. The molecule has 1 aromatic heterocycles. The van der Waals surface area contributed by atoms with Crippen LogP contribution in [-0.4, -0.2) is 33.3 Å². The van der Waals surface area contributed by atoms with Gasteiger partial charge >= 0.3 is 6.18 Å². The molecule has 2 aromatic rings. The molecule has 2 atom stereocenters. The maximum atomic E-state index is 13.2. The zero-order chi connectivity index (χ0) is 16.4. The van der Waals surface area contributed by atoms with E-state index in [1.807, 2.05) is 0 Å². The first kappa shape index (κ1) is 22.0. The average Bonchev–Trinajstić information content (AvgIpc) is 2.91. The molecule has 1 aromatic carbocycles. The molecule has 25 heavy (non-hydrogen) atoms. The summed E-state index contributed by atoms with van der Waals surface area (Å²) >= 11 is 0. The number of aromatic nitrogens is 2. The van der Waals surface area contributed by atoms with Crippen molar-refractivity contribution in [1.82, 2.24) is 14.9 Å². The number of aliphatic hydroxyl groups excluding tert-OH is 1. The van der Waals surface area contributed by atoms with Crippen molar-refractivity contribution in [1.29, 1.82) is 0 Å². The Bertz CT molecular complexity index is 678. The molecule has 9 heteroatoms. The molecule has 142 valence electrons. The van der Waals surface area contributed by atoms with Crippen LogP contribution in [0.3, 0.4) is 0 Å². The molecule has 1 aliphatic rings. The molecule has 2 heterocycles. The molecule has 0 spiro atoms. The molecule has 0 unspecified atom stereocenters. The number of fused-ring (bicyclic) bond motifs is 1. The summed E-state index contributed by atoms with van der Waals surface area (Å²) < 4.78 is 41.0. The van der Waals surface area contributed by atoms with Gasteiger partial charge in [-0.25, -0.2) is 4.98 Å². The number of benzene rings is 1. The van der Waals surface area contributed by atoms with E-state index < -0.39 is 11.7 Å². The van der Waals surface area contributed by atoms with Gasteiger partial charge in [0.25, 0.3) is 0 Å². The van der Waals surface area contributed by atoms with Crippen molar-refractivity contribution in [2.45, 2.75) is 50.6 Å². The molecule has 3 rings (SSSR count). The third kappa shape index (κ3) is 5.00. The van der Waals surface area contributed by atoms with E-state index >= 15 is 0 Å². The number of nitrogens with zero attached hydrogens (tertiary/aromatic N) is 2. The van der Waals surface area contributed by atoms with E-state index in [0.29, 0.717) is 18.5 Å². The van der Waals surface area contributed by atoms with Crippen LogP contribution in [-0.2, 0) is 12.7 Å². The molecule has 0 radical (unpaired) electrons. The summed E-state index contributed by atoms with van der Waals surface area (Å²) in [5.41, 5.74) is -0.156. The van der Waals surface area contributed by atoms with Crippen molar-refractivity contribution in [3.8, 4) is 0 Å². The van der Waals surface area contributed by atoms with Gasteiger partial charge in [0.2, 0.25) is 0 Å². The molecule has 2 N–H and O–H groups in total. The molecule has 1 fully saturated rings. The first-order valence-corrected chi connectivity index (χ1v) is 7.89. The van der Waals surface area contributed by atoms with E-state index in [1.165, 1.54) is 12.4 Å². The summed E-state index contributed by atoms with van der Waals surface area (Å²) in [6.07, 6.45) is -0.137. The predicted octanol–water partition coefficient (Wildman–Crippen LogP) is 3.79. The van der Waals surface area contributed by atoms with Gasteiger partial charge in [-0.1, -0.05) is 6.07 Å². The van der Waals surface area contributed by atoms with Crippen molar-refractivity contribution in [3.63, 3.8) is 0 Å². The number of halogens is 5. The number of aliphatic hydroxyl groups is 1. The summed E-state index contributed by atoms with van der Waals surface area (Å²) in [6, 6.07) is 4.09. The molecule has 0 amide bonds. The normalized spacial score (nSPS) is 20.8. The van der Waals surface area contributed by atoms with Crippen molar-refractivity contribution >= 4 is 35.8 Å². The van der Waals surface area contributed by atoms with Gasteiger partial charge in [0.05, 0.1) is 29.0 Å². The highest BCUT2D eigenvalue weighted by atomic mass is 35.5. The second-order valence-corrected chi connectivity index (χ2v) is 6.02. The molecule has 0 aliphatic carbocycles. The Labute approximate surface area is 156 Å². The number of aryl methyl sites for hydroxylation is 1. The van der Waals surface area contributed by atoms with Gasteiger partial charge in [-0.15, -0.1) is 24.8 Å². The van der Waals surface area contributed by atoms with Crippen LogP contribution in [0.4, 0.5) is 13.2 Å². The lowest BCUT2D eigenvalue weighted by Crippen LogP contribution is -2.44. The molecule has 0 saturated carbocycles. The van der Waals surface area contributed by atoms with E-state index in [2.05, 4.69) is 10.3 Å². The minimum absolute atomic E-state index is 0. The molecule has 1 aliphatic heterocycles. The van der Waals surface area contributed by atoms with Gasteiger partial charge in [-0.05, 0) is 44.4 Å². The number of nitrogens with one attached hydrogen (secondary N) is 1. The zero-order valence-corrected chi connectivity index (χ0v) is 15.1. The summed E-state index contributed by atoms with van der Waals surface area (Å²) in [4.78, 5) is 4.07. The maximum Gasteiger partial charge on any atom is 0.418 e. The SMILES string of the molecule is Cl.Cl.O[C@H]1CCCN[C@@H]1CCCn1cnc2cccc(C(F)(F)F)c21. The Hall–Kier alpha value is -1.02. The van der Waals surface area contributed by atoms with Gasteiger partial charge in [-0.2, -0.15) is 13.2 Å². The average molecular weight is 400 g/mol. The van der Waals surface area contributed by atoms with E-state index in [0.717, 1.165) is 31.9 Å². The van der Waals surface area contributed by atoms with Gasteiger partial charge in [0.1, 0.15) is 0 Å². The molecule has 4 nitrogen and oxygen atoms in total. The number of piperidine rings is 1. The van der Waals surface area contributed by atoms with Crippen LogP contribution in [0.1, 0.15) is 31.2 Å². The third-order valence-corrected chi connectivity index (χ3v) is 4.41. The number of rotatable bonds is 4. The van der Waals surface area contributed by atoms with Crippen molar-refractivity contribution in [2.24, 2.45) is 0 Å². The number of alkyl halides is 3. The first-order valence-electron chi connectivity index (χ1n) is 7.89. The van der Waals surface area contributed by atoms with Gasteiger partial charge < -0.3 is 15.0 Å². The van der Waals surface area contributed by atoms with E-state index in [4.69, 9.17) is 0 Å². The highest BCUT2D eigenvalue weighted by molar-refractivity contribution is 5.85. The molecule has 0 bridgehead atoms. The van der Waals surface area contributed by atoms with E-state index in [9.17, 15) is 18.3 Å². The highest BCUT2D eigenvalue weighted by Crippen LogP contribution is 2.34. The molecular weight excluding hydrogens is 378 g/mol. The Morgan fingerprint density at radius 3 is 2.72 bits per heavy atom. The fourth-order valence-corrected chi connectivity index (χ4v) is 3.24. The predicted molar refractivity (Wildman–Crippen MR) is 95.5 cm³/mol. The lowest BCUT2D eigenvalue weighted by atomic mass is 9.97. The lowest BCUT2D eigenvalue weighted by molar-refractivity contribution is -0.136. The van der Waals surface area contributed by atoms with Crippen LogP contribution in [0.5, 0.6) is 0 Å². The smallest absolute Gasteiger partial charge is 0.392 e. The Morgan fingerprint density at radius 1 is 1.28 bits per heavy atom. The van der Waals surface area contributed by atoms with Crippen molar-refractivity contribution in [3.05, 3.63) is 30.1 Å². The standard InChI is InChI=1S/C16H20F3N3O.2ClH/c17-16(18,19)11-4-1-5-13-15(11)22(10-21-13)9-3-6-12-14(23)7-2-8-20-12;;/h1,4-5,10,12,14,20,23H,2-3,6-9H2;2*1H/t12-,14+;;/m1../s1. The van der Waals surface area contributed by atoms with Crippen LogP contribution >= 0.6 is 24.8 Å². The first-order chi connectivity index (χ1) is 11.0. The van der Waals surface area contributed by atoms with Crippen LogP contribution in [0.25, 0.3) is 11.0 Å². The number of hydrogen-bond acceptors (Lipinski definition) is 3. The maximum absolute atomic E-state index is 13.2. The number of para-hydroxylation sites is 1. The number of imidazole rings is 1. The Balaban J connectivity index is 0.00000156. The van der Waals surface area contributed by atoms with Gasteiger partial charge in [0, 0.05) is 12.6 Å². The summed E-state index contributed by atoms with van der Waals surface area (Å²) in [6.45, 7) is 1.34.